The first-order valence-corrected chi connectivity index (χ1v) is 12.0. The second-order valence-corrected chi connectivity index (χ2v) is 9.11. The van der Waals surface area contributed by atoms with E-state index >= 15 is 0 Å². The second-order valence-electron chi connectivity index (χ2n) is 9.11. The quantitative estimate of drug-likeness (QED) is 0.463. The number of carbonyl (C=O) groups excluding carboxylic acids is 2. The number of nitrogens with zero attached hydrogens (tertiary/aromatic N) is 3. The molecule has 1 amide bonds. The molecule has 2 aromatic heterocycles. The van der Waals surface area contributed by atoms with Gasteiger partial charge in [-0.05, 0) is 36.8 Å². The first-order valence-electron chi connectivity index (χ1n) is 12.0. The zero-order valence-corrected chi connectivity index (χ0v) is 20.0. The topological polar surface area (TPSA) is 88.4 Å². The van der Waals surface area contributed by atoms with Gasteiger partial charge < -0.3 is 10.6 Å². The molecule has 176 valence electrons. The summed E-state index contributed by atoms with van der Waals surface area (Å²) in [6, 6.07) is 7.90. The van der Waals surface area contributed by atoms with Gasteiger partial charge in [-0.2, -0.15) is 0 Å². The molecular weight excluding hydrogens is 426 g/mol. The summed E-state index contributed by atoms with van der Waals surface area (Å²) < 4.78 is 1.98. The predicted molar refractivity (Wildman–Crippen MR) is 134 cm³/mol. The molecule has 1 saturated carbocycles. The van der Waals surface area contributed by atoms with Gasteiger partial charge in [-0.3, -0.25) is 14.0 Å². The van der Waals surface area contributed by atoms with Crippen LogP contribution in [0.15, 0.2) is 36.7 Å². The normalized spacial score (nSPS) is 12.9. The molecule has 0 radical (unpaired) electrons. The molecule has 2 heterocycles. The van der Waals surface area contributed by atoms with Gasteiger partial charge in [0.05, 0.1) is 11.9 Å². The van der Waals surface area contributed by atoms with Crippen LogP contribution < -0.4 is 10.6 Å². The van der Waals surface area contributed by atoms with Gasteiger partial charge in [-0.1, -0.05) is 38.8 Å². The Hall–Kier alpha value is -3.66. The van der Waals surface area contributed by atoms with Crippen molar-refractivity contribution in [3.05, 3.63) is 47.9 Å². The lowest BCUT2D eigenvalue weighted by Gasteiger charge is -2.11. The van der Waals surface area contributed by atoms with Gasteiger partial charge in [0.2, 0.25) is 0 Å². The molecule has 0 atom stereocenters. The number of carbonyl (C=O) groups is 2. The monoisotopic (exact) mass is 457 g/mol. The molecular formula is C27H31N5O2. The minimum absolute atomic E-state index is 0.0318. The Morgan fingerprint density at radius 2 is 1.97 bits per heavy atom. The number of anilines is 1. The first-order chi connectivity index (χ1) is 16.4. The SMILES string of the molecule is CCC(=O)CCC#Cc1cn2c(-c3ccc(C(=O)NC4CC4)cc3)cnc2c(NCC(C)C)n1. The van der Waals surface area contributed by atoms with E-state index in [9.17, 15) is 9.59 Å². The Morgan fingerprint density at radius 3 is 2.65 bits per heavy atom. The maximum absolute atomic E-state index is 12.3. The highest BCUT2D eigenvalue weighted by atomic mass is 16.1. The maximum Gasteiger partial charge on any atom is 0.251 e. The lowest BCUT2D eigenvalue weighted by atomic mass is 10.1. The van der Waals surface area contributed by atoms with Crippen LogP contribution in [0.5, 0.6) is 0 Å². The number of fused-ring (bicyclic) bond motifs is 1. The summed E-state index contributed by atoms with van der Waals surface area (Å²) in [6.07, 6.45) is 7.33. The minimum Gasteiger partial charge on any atom is -0.367 e. The largest absolute Gasteiger partial charge is 0.367 e. The number of hydrogen-bond acceptors (Lipinski definition) is 5. The second kappa shape index (κ2) is 10.5. The number of ketones is 1. The van der Waals surface area contributed by atoms with Crippen LogP contribution >= 0.6 is 0 Å². The van der Waals surface area contributed by atoms with Crippen molar-refractivity contribution in [3.8, 4) is 23.1 Å². The molecule has 0 saturated heterocycles. The van der Waals surface area contributed by atoms with Crippen LogP contribution in [-0.4, -0.2) is 38.6 Å². The number of imidazole rings is 1. The maximum atomic E-state index is 12.3. The number of benzene rings is 1. The van der Waals surface area contributed by atoms with E-state index in [0.29, 0.717) is 48.3 Å². The molecule has 34 heavy (non-hydrogen) atoms. The van der Waals surface area contributed by atoms with E-state index in [1.165, 1.54) is 0 Å². The van der Waals surface area contributed by atoms with E-state index in [2.05, 4.69) is 46.3 Å². The number of Topliss-reactive ketones (excluding diaryl/α,β-unsaturated/α-hetero) is 1. The molecule has 0 aliphatic heterocycles. The summed E-state index contributed by atoms with van der Waals surface area (Å²) in [7, 11) is 0. The molecule has 0 bridgehead atoms. The highest BCUT2D eigenvalue weighted by Gasteiger charge is 2.23. The molecule has 3 aromatic rings. The van der Waals surface area contributed by atoms with Crippen LogP contribution in [0.2, 0.25) is 0 Å². The summed E-state index contributed by atoms with van der Waals surface area (Å²) in [6.45, 7) is 6.90. The van der Waals surface area contributed by atoms with Crippen molar-refractivity contribution in [2.45, 2.75) is 58.9 Å². The van der Waals surface area contributed by atoms with Gasteiger partial charge in [-0.15, -0.1) is 0 Å². The zero-order chi connectivity index (χ0) is 24.1. The molecule has 1 aromatic carbocycles. The molecule has 7 nitrogen and oxygen atoms in total. The Balaban J connectivity index is 1.64. The third-order valence-electron chi connectivity index (χ3n) is 5.67. The van der Waals surface area contributed by atoms with E-state index in [1.54, 1.807) is 0 Å². The fourth-order valence-corrected chi connectivity index (χ4v) is 3.50. The predicted octanol–water partition coefficient (Wildman–Crippen LogP) is 4.47. The molecule has 1 fully saturated rings. The Labute approximate surface area is 200 Å². The molecule has 7 heteroatoms. The highest BCUT2D eigenvalue weighted by molar-refractivity contribution is 5.95. The lowest BCUT2D eigenvalue weighted by molar-refractivity contribution is -0.118. The first kappa shape index (κ1) is 23.5. The Morgan fingerprint density at radius 1 is 1.21 bits per heavy atom. The van der Waals surface area contributed by atoms with Gasteiger partial charge in [0.1, 0.15) is 11.5 Å². The number of aromatic nitrogens is 3. The van der Waals surface area contributed by atoms with Crippen LogP contribution in [0.25, 0.3) is 16.9 Å². The van der Waals surface area contributed by atoms with E-state index < -0.39 is 0 Å². The van der Waals surface area contributed by atoms with Crippen molar-refractivity contribution >= 4 is 23.2 Å². The average Bonchev–Trinajstić information content (AvgIpc) is 3.55. The Bertz CT molecular complexity index is 1240. The van der Waals surface area contributed by atoms with Gasteiger partial charge >= 0.3 is 0 Å². The zero-order valence-electron chi connectivity index (χ0n) is 20.0. The molecule has 2 N–H and O–H groups in total. The number of rotatable bonds is 9. The summed E-state index contributed by atoms with van der Waals surface area (Å²) in [5, 5.41) is 6.41. The van der Waals surface area contributed by atoms with Gasteiger partial charge in [0, 0.05) is 49.2 Å². The van der Waals surface area contributed by atoms with E-state index in [4.69, 9.17) is 0 Å². The van der Waals surface area contributed by atoms with Gasteiger partial charge in [-0.25, -0.2) is 9.97 Å². The van der Waals surface area contributed by atoms with Crippen molar-refractivity contribution in [2.75, 3.05) is 11.9 Å². The minimum atomic E-state index is -0.0318. The van der Waals surface area contributed by atoms with Crippen LogP contribution in [0, 0.1) is 17.8 Å². The third kappa shape index (κ3) is 5.82. The number of hydrogen-bond donors (Lipinski definition) is 2. The fourth-order valence-electron chi connectivity index (χ4n) is 3.50. The van der Waals surface area contributed by atoms with Crippen molar-refractivity contribution in [2.24, 2.45) is 5.92 Å². The summed E-state index contributed by atoms with van der Waals surface area (Å²) in [5.74, 6) is 7.48. The van der Waals surface area contributed by atoms with Crippen LogP contribution in [0.3, 0.4) is 0 Å². The molecule has 1 aliphatic rings. The fraction of sp³-hybridized carbons (Fsp3) is 0.407. The summed E-state index contributed by atoms with van der Waals surface area (Å²) in [4.78, 5) is 33.2. The van der Waals surface area contributed by atoms with Crippen molar-refractivity contribution in [1.82, 2.24) is 19.7 Å². The van der Waals surface area contributed by atoms with Gasteiger partial charge in [0.15, 0.2) is 11.5 Å². The van der Waals surface area contributed by atoms with Crippen LogP contribution in [-0.2, 0) is 4.79 Å². The summed E-state index contributed by atoms with van der Waals surface area (Å²) in [5.41, 5.74) is 3.83. The molecule has 1 aliphatic carbocycles. The Kier molecular flexibility index (Phi) is 7.27. The lowest BCUT2D eigenvalue weighted by Crippen LogP contribution is -2.25. The molecule has 0 spiro atoms. The third-order valence-corrected chi connectivity index (χ3v) is 5.67. The van der Waals surface area contributed by atoms with Gasteiger partial charge in [0.25, 0.3) is 5.91 Å². The smallest absolute Gasteiger partial charge is 0.251 e. The van der Waals surface area contributed by atoms with E-state index in [0.717, 1.165) is 36.3 Å². The van der Waals surface area contributed by atoms with Crippen molar-refractivity contribution in [3.63, 3.8) is 0 Å². The van der Waals surface area contributed by atoms with Crippen molar-refractivity contribution in [1.29, 1.82) is 0 Å². The number of amides is 1. The molecule has 4 rings (SSSR count). The average molecular weight is 458 g/mol. The number of nitrogens with one attached hydrogen (secondary N) is 2. The highest BCUT2D eigenvalue weighted by Crippen LogP contribution is 2.25. The van der Waals surface area contributed by atoms with E-state index in [-0.39, 0.29) is 11.7 Å². The standard InChI is InChI=1S/C27H31N5O2/c1-4-23(33)8-6-5-7-22-17-32-24(16-29-26(32)25(30-22)28-15-18(2)3)19-9-11-20(12-10-19)27(34)31-21-13-14-21/h9-12,16-18,21H,4,6,8,13-15H2,1-3H3,(H,28,30)(H,31,34). The summed E-state index contributed by atoms with van der Waals surface area (Å²) >= 11 is 0. The van der Waals surface area contributed by atoms with Crippen molar-refractivity contribution < 1.29 is 9.59 Å². The van der Waals surface area contributed by atoms with Crippen LogP contribution in [0.1, 0.15) is 68.9 Å². The molecule has 0 unspecified atom stereocenters. The van der Waals surface area contributed by atoms with Crippen LogP contribution in [0.4, 0.5) is 5.82 Å². The van der Waals surface area contributed by atoms with E-state index in [1.807, 2.05) is 48.0 Å².